The summed E-state index contributed by atoms with van der Waals surface area (Å²) in [7, 11) is 0. The van der Waals surface area contributed by atoms with E-state index in [4.69, 9.17) is 0 Å². The average Bonchev–Trinajstić information content (AvgIpc) is 3.56. The maximum absolute atomic E-state index is 12.4. The lowest BCUT2D eigenvalue weighted by Gasteiger charge is -2.27. The summed E-state index contributed by atoms with van der Waals surface area (Å²) in [6, 6.07) is 19.7. The minimum atomic E-state index is -4.74. The van der Waals surface area contributed by atoms with Crippen molar-refractivity contribution in [1.82, 2.24) is 14.8 Å². The zero-order valence-electron chi connectivity index (χ0n) is 22.1. The number of amidine groups is 1. The van der Waals surface area contributed by atoms with Crippen LogP contribution in [0.1, 0.15) is 30.5 Å². The maximum Gasteiger partial charge on any atom is 0.573 e. The van der Waals surface area contributed by atoms with Gasteiger partial charge in [0.2, 0.25) is 0 Å². The normalized spacial score (nSPS) is 16.8. The van der Waals surface area contributed by atoms with Crippen molar-refractivity contribution < 1.29 is 17.9 Å². The molecule has 0 amide bonds. The van der Waals surface area contributed by atoms with Crippen LogP contribution in [0.25, 0.3) is 17.1 Å². The van der Waals surface area contributed by atoms with Gasteiger partial charge in [-0.1, -0.05) is 61.2 Å². The molecule has 40 heavy (non-hydrogen) atoms. The van der Waals surface area contributed by atoms with Gasteiger partial charge in [-0.05, 0) is 61.2 Å². The second-order valence-corrected chi connectivity index (χ2v) is 10.3. The van der Waals surface area contributed by atoms with E-state index in [1.54, 1.807) is 18.0 Å². The van der Waals surface area contributed by atoms with Crippen molar-refractivity contribution in [1.29, 1.82) is 0 Å². The molecule has 1 fully saturated rings. The molecule has 2 heterocycles. The second-order valence-electron chi connectivity index (χ2n) is 9.27. The molecule has 1 aliphatic heterocycles. The predicted molar refractivity (Wildman–Crippen MR) is 153 cm³/mol. The van der Waals surface area contributed by atoms with Crippen LogP contribution >= 0.6 is 11.8 Å². The monoisotopic (exact) mass is 564 g/mol. The molecule has 0 radical (unpaired) electrons. The third-order valence-electron chi connectivity index (χ3n) is 6.39. The van der Waals surface area contributed by atoms with Gasteiger partial charge >= 0.3 is 6.36 Å². The van der Waals surface area contributed by atoms with Crippen molar-refractivity contribution in [3.05, 3.63) is 89.7 Å². The molecular weight excluding hydrogens is 537 g/mol. The van der Waals surface area contributed by atoms with Gasteiger partial charge < -0.3 is 9.64 Å². The minimum absolute atomic E-state index is 0.298. The molecule has 0 aliphatic carbocycles. The second kappa shape index (κ2) is 11.5. The highest BCUT2D eigenvalue weighted by molar-refractivity contribution is 8.14. The first kappa shape index (κ1) is 27.4. The number of alkyl halides is 3. The number of aromatic nitrogens is 3. The Balaban J connectivity index is 1.28. The number of nitrogens with zero attached hydrogens (tertiary/aromatic N) is 6. The molecule has 0 N–H and O–H groups in total. The molecule has 1 atom stereocenters. The Morgan fingerprint density at radius 1 is 1.07 bits per heavy atom. The third kappa shape index (κ3) is 6.20. The van der Waals surface area contributed by atoms with Gasteiger partial charge in [0.25, 0.3) is 0 Å². The lowest BCUT2D eigenvalue weighted by atomic mass is 10.0. The van der Waals surface area contributed by atoms with E-state index in [-0.39, 0.29) is 5.75 Å². The van der Waals surface area contributed by atoms with Crippen molar-refractivity contribution in [2.24, 2.45) is 10.2 Å². The molecule has 3 aromatic carbocycles. The molecule has 1 aliphatic rings. The maximum atomic E-state index is 12.4. The van der Waals surface area contributed by atoms with Gasteiger partial charge in [0.05, 0.1) is 11.9 Å². The fourth-order valence-corrected chi connectivity index (χ4v) is 5.51. The van der Waals surface area contributed by atoms with E-state index >= 15 is 0 Å². The summed E-state index contributed by atoms with van der Waals surface area (Å²) >= 11 is 1.71. The van der Waals surface area contributed by atoms with Gasteiger partial charge in [0.1, 0.15) is 12.1 Å². The number of halogens is 3. The van der Waals surface area contributed by atoms with Crippen LogP contribution < -0.4 is 9.64 Å². The van der Waals surface area contributed by atoms with E-state index in [2.05, 4.69) is 68.9 Å². The minimum Gasteiger partial charge on any atom is -0.406 e. The molecule has 206 valence electrons. The molecule has 0 bridgehead atoms. The number of benzene rings is 3. The van der Waals surface area contributed by atoms with Gasteiger partial charge in [-0.25, -0.2) is 9.67 Å². The van der Waals surface area contributed by atoms with Crippen LogP contribution in [0.15, 0.2) is 83.3 Å². The Labute approximate surface area is 234 Å². The molecular formula is C29H27F3N6OS. The Morgan fingerprint density at radius 2 is 1.82 bits per heavy atom. The molecule has 0 spiro atoms. The zero-order chi connectivity index (χ0) is 28.3. The van der Waals surface area contributed by atoms with Gasteiger partial charge in [-0.2, -0.15) is 5.10 Å². The number of rotatable bonds is 7. The van der Waals surface area contributed by atoms with E-state index in [1.807, 2.05) is 24.3 Å². The number of aryl methyl sites for hydroxylation is 2. The quantitative estimate of drug-likeness (QED) is 0.178. The van der Waals surface area contributed by atoms with E-state index < -0.39 is 6.36 Å². The highest BCUT2D eigenvalue weighted by Crippen LogP contribution is 2.35. The Morgan fingerprint density at radius 3 is 2.52 bits per heavy atom. The Hall–Kier alpha value is -4.12. The van der Waals surface area contributed by atoms with Crippen molar-refractivity contribution in [3.63, 3.8) is 0 Å². The average molecular weight is 565 g/mol. The largest absolute Gasteiger partial charge is 0.573 e. The van der Waals surface area contributed by atoms with Crippen LogP contribution in [0.2, 0.25) is 0 Å². The Kier molecular flexibility index (Phi) is 7.92. The first-order valence-electron chi connectivity index (χ1n) is 12.7. The summed E-state index contributed by atoms with van der Waals surface area (Å²) < 4.78 is 42.6. The standard InChI is InChI=1S/C29H27F3N6OS/c1-4-22-7-5-6-19(2)26(22)38-20(3)17-40-28(38)35-34-16-21-8-10-23(11-9-21)27-33-18-37(36-27)24-12-14-25(15-13-24)39-29(30,31)32/h5-16,18,20H,4,17H2,1-3H3. The van der Waals surface area contributed by atoms with E-state index in [9.17, 15) is 13.2 Å². The molecule has 1 unspecified atom stereocenters. The van der Waals surface area contributed by atoms with E-state index in [0.29, 0.717) is 17.6 Å². The van der Waals surface area contributed by atoms with Gasteiger partial charge in [0, 0.05) is 23.0 Å². The summed E-state index contributed by atoms with van der Waals surface area (Å²) in [6.07, 6.45) is -0.567. The van der Waals surface area contributed by atoms with Crippen molar-refractivity contribution in [3.8, 4) is 22.8 Å². The fourth-order valence-electron chi connectivity index (χ4n) is 4.45. The van der Waals surface area contributed by atoms with Crippen LogP contribution in [-0.4, -0.2) is 44.3 Å². The molecule has 5 rings (SSSR count). The number of hydrogen-bond acceptors (Lipinski definition) is 6. The van der Waals surface area contributed by atoms with E-state index in [0.717, 1.165) is 28.5 Å². The first-order chi connectivity index (χ1) is 19.2. The lowest BCUT2D eigenvalue weighted by Crippen LogP contribution is -2.33. The number of thioether (sulfide) groups is 1. The SMILES string of the molecule is CCc1cccc(C)c1N1C(=NN=Cc2ccc(-c3ncn(-c4ccc(OC(F)(F)F)cc4)n3)cc2)SCC1C. The summed E-state index contributed by atoms with van der Waals surface area (Å²) in [5.74, 6) is 1.14. The van der Waals surface area contributed by atoms with Crippen molar-refractivity contribution >= 4 is 28.8 Å². The molecule has 1 aromatic heterocycles. The summed E-state index contributed by atoms with van der Waals surface area (Å²) in [5, 5.41) is 14.3. The Bertz CT molecular complexity index is 1530. The third-order valence-corrected chi connectivity index (χ3v) is 7.57. The number of ether oxygens (including phenoxy) is 1. The van der Waals surface area contributed by atoms with Crippen molar-refractivity contribution in [2.45, 2.75) is 39.6 Å². The topological polar surface area (TPSA) is 67.9 Å². The zero-order valence-corrected chi connectivity index (χ0v) is 22.9. The predicted octanol–water partition coefficient (Wildman–Crippen LogP) is 7.04. The van der Waals surface area contributed by atoms with Crippen LogP contribution in [-0.2, 0) is 6.42 Å². The number of para-hydroxylation sites is 1. The van der Waals surface area contributed by atoms with E-state index in [1.165, 1.54) is 52.1 Å². The van der Waals surface area contributed by atoms with Gasteiger partial charge in [-0.15, -0.1) is 23.4 Å². The highest BCUT2D eigenvalue weighted by Gasteiger charge is 2.31. The highest BCUT2D eigenvalue weighted by atomic mass is 32.2. The molecule has 0 saturated carbocycles. The first-order valence-corrected chi connectivity index (χ1v) is 13.7. The summed E-state index contributed by atoms with van der Waals surface area (Å²) in [4.78, 5) is 6.62. The van der Waals surface area contributed by atoms with Gasteiger partial charge in [0.15, 0.2) is 11.0 Å². The van der Waals surface area contributed by atoms with Crippen LogP contribution in [0.3, 0.4) is 0 Å². The number of anilines is 1. The van der Waals surface area contributed by atoms with Crippen LogP contribution in [0.5, 0.6) is 5.75 Å². The molecule has 1 saturated heterocycles. The van der Waals surface area contributed by atoms with Crippen LogP contribution in [0.4, 0.5) is 18.9 Å². The summed E-state index contributed by atoms with van der Waals surface area (Å²) in [6.45, 7) is 6.50. The smallest absolute Gasteiger partial charge is 0.406 e. The van der Waals surface area contributed by atoms with Crippen molar-refractivity contribution in [2.75, 3.05) is 10.7 Å². The summed E-state index contributed by atoms with van der Waals surface area (Å²) in [5.41, 5.74) is 5.96. The van der Waals surface area contributed by atoms with Crippen LogP contribution in [0, 0.1) is 6.92 Å². The van der Waals surface area contributed by atoms with Gasteiger partial charge in [-0.3, -0.25) is 0 Å². The lowest BCUT2D eigenvalue weighted by molar-refractivity contribution is -0.274. The molecule has 7 nitrogen and oxygen atoms in total. The molecule has 4 aromatic rings. The molecule has 11 heteroatoms. The number of hydrogen-bond donors (Lipinski definition) is 0. The fraction of sp³-hybridized carbons (Fsp3) is 0.241.